The molecule has 0 aromatic rings. The molecule has 1 fully saturated rings. The molecule has 6 heteroatoms. The lowest BCUT2D eigenvalue weighted by Crippen LogP contribution is -2.43. The number of nitrogens with one attached hydrogen (secondary N) is 1. The zero-order valence-corrected chi connectivity index (χ0v) is 12.7. The largest absolute Gasteiger partial charge is 0.465 e. The van der Waals surface area contributed by atoms with E-state index in [0.29, 0.717) is 6.54 Å². The summed E-state index contributed by atoms with van der Waals surface area (Å²) in [5.74, 6) is -0.697. The summed E-state index contributed by atoms with van der Waals surface area (Å²) in [4.78, 5) is 37.0. The number of amides is 1. The van der Waals surface area contributed by atoms with Crippen LogP contribution in [0.3, 0.4) is 0 Å². The van der Waals surface area contributed by atoms with Gasteiger partial charge in [-0.3, -0.25) is 19.3 Å². The summed E-state index contributed by atoms with van der Waals surface area (Å²) >= 11 is 0. The highest BCUT2D eigenvalue weighted by Gasteiger charge is 2.38. The van der Waals surface area contributed by atoms with E-state index in [0.717, 1.165) is 13.0 Å². The highest BCUT2D eigenvalue weighted by molar-refractivity contribution is 6.03. The van der Waals surface area contributed by atoms with Crippen LogP contribution in [0.5, 0.6) is 0 Å². The average Bonchev–Trinajstić information content (AvgIpc) is 2.75. The number of ketones is 1. The van der Waals surface area contributed by atoms with E-state index in [1.807, 2.05) is 4.90 Å². The normalized spacial score (nSPS) is 19.7. The van der Waals surface area contributed by atoms with E-state index in [9.17, 15) is 14.4 Å². The molecule has 1 aliphatic heterocycles. The number of esters is 1. The van der Waals surface area contributed by atoms with Crippen LogP contribution in [0.15, 0.2) is 0 Å². The van der Waals surface area contributed by atoms with Crippen LogP contribution in [-0.2, 0) is 19.1 Å². The minimum atomic E-state index is -1.12. The molecule has 0 aliphatic carbocycles. The minimum Gasteiger partial charge on any atom is -0.465 e. The molecule has 114 valence electrons. The van der Waals surface area contributed by atoms with Gasteiger partial charge >= 0.3 is 5.97 Å². The van der Waals surface area contributed by atoms with Gasteiger partial charge in [-0.15, -0.1) is 0 Å². The lowest BCUT2D eigenvalue weighted by molar-refractivity contribution is -0.158. The summed E-state index contributed by atoms with van der Waals surface area (Å²) in [6.45, 7) is 8.25. The molecule has 0 radical (unpaired) electrons. The van der Waals surface area contributed by atoms with E-state index >= 15 is 0 Å². The van der Waals surface area contributed by atoms with E-state index in [4.69, 9.17) is 4.74 Å². The van der Waals surface area contributed by atoms with Gasteiger partial charge in [0.15, 0.2) is 5.78 Å². The molecule has 1 heterocycles. The van der Waals surface area contributed by atoms with Gasteiger partial charge in [0.2, 0.25) is 5.91 Å². The third-order valence-corrected chi connectivity index (χ3v) is 3.53. The number of Topliss-reactive ketones (excluding diaryl/α,β-unsaturated/α-hetero) is 1. The maximum atomic E-state index is 12.2. The first-order valence-corrected chi connectivity index (χ1v) is 6.97. The highest BCUT2D eigenvalue weighted by Crippen LogP contribution is 2.21. The van der Waals surface area contributed by atoms with Crippen LogP contribution in [0.25, 0.3) is 0 Å². The summed E-state index contributed by atoms with van der Waals surface area (Å²) < 4.78 is 4.93. The molecule has 0 bridgehead atoms. The Bertz CT molecular complexity index is 393. The van der Waals surface area contributed by atoms with Crippen molar-refractivity contribution < 1.29 is 19.1 Å². The number of ether oxygens (including phenoxy) is 1. The lowest BCUT2D eigenvalue weighted by Gasteiger charge is -2.24. The van der Waals surface area contributed by atoms with Gasteiger partial charge in [-0.1, -0.05) is 0 Å². The standard InChI is InChI=1S/C14H24N2O4/c1-5-20-13(19)14(3,4)12(18)9-16-7-6-11(8-16)15-10(2)17/h11H,5-9H2,1-4H3,(H,15,17). The van der Waals surface area contributed by atoms with E-state index in [2.05, 4.69) is 5.32 Å². The maximum Gasteiger partial charge on any atom is 0.319 e. The van der Waals surface area contributed by atoms with Crippen molar-refractivity contribution in [1.29, 1.82) is 0 Å². The van der Waals surface area contributed by atoms with Gasteiger partial charge in [0, 0.05) is 26.1 Å². The Morgan fingerprint density at radius 1 is 1.35 bits per heavy atom. The Kier molecular flexibility index (Phi) is 5.68. The number of rotatable bonds is 6. The Hall–Kier alpha value is -1.43. The number of carbonyl (C=O) groups excluding carboxylic acids is 3. The number of hydrogen-bond acceptors (Lipinski definition) is 5. The van der Waals surface area contributed by atoms with Gasteiger partial charge in [-0.2, -0.15) is 0 Å². The first-order chi connectivity index (χ1) is 9.27. The molecule has 1 N–H and O–H groups in total. The lowest BCUT2D eigenvalue weighted by atomic mass is 9.88. The van der Waals surface area contributed by atoms with E-state index in [1.165, 1.54) is 6.92 Å². The summed E-state index contributed by atoms with van der Waals surface area (Å²) in [7, 11) is 0. The third kappa shape index (κ3) is 4.30. The summed E-state index contributed by atoms with van der Waals surface area (Å²) in [6, 6.07) is 0.0889. The molecule has 6 nitrogen and oxygen atoms in total. The maximum absolute atomic E-state index is 12.2. The summed E-state index contributed by atoms with van der Waals surface area (Å²) in [5.41, 5.74) is -1.12. The van der Waals surface area contributed by atoms with Crippen molar-refractivity contribution in [2.45, 2.75) is 40.2 Å². The zero-order valence-electron chi connectivity index (χ0n) is 12.7. The predicted molar refractivity (Wildman–Crippen MR) is 74.1 cm³/mol. The number of carbonyl (C=O) groups is 3. The first kappa shape index (κ1) is 16.6. The van der Waals surface area contributed by atoms with E-state index in [1.54, 1.807) is 20.8 Å². The van der Waals surface area contributed by atoms with Gasteiger partial charge in [0.1, 0.15) is 5.41 Å². The van der Waals surface area contributed by atoms with Gasteiger partial charge in [0.25, 0.3) is 0 Å². The monoisotopic (exact) mass is 284 g/mol. The zero-order chi connectivity index (χ0) is 15.3. The van der Waals surface area contributed by atoms with Gasteiger partial charge in [0.05, 0.1) is 13.2 Å². The molecular weight excluding hydrogens is 260 g/mol. The van der Waals surface area contributed by atoms with Gasteiger partial charge in [-0.05, 0) is 27.2 Å². The molecule has 1 saturated heterocycles. The fourth-order valence-corrected chi connectivity index (χ4v) is 2.21. The molecule has 0 saturated carbocycles. The van der Waals surface area contributed by atoms with Crippen LogP contribution >= 0.6 is 0 Å². The third-order valence-electron chi connectivity index (χ3n) is 3.53. The van der Waals surface area contributed by atoms with Crippen LogP contribution in [0.1, 0.15) is 34.1 Å². The SMILES string of the molecule is CCOC(=O)C(C)(C)C(=O)CN1CCC(NC(C)=O)C1. The van der Waals surface area contributed by atoms with Crippen molar-refractivity contribution >= 4 is 17.7 Å². The smallest absolute Gasteiger partial charge is 0.319 e. The second-order valence-electron chi connectivity index (χ2n) is 5.69. The Balaban J connectivity index is 2.51. The Morgan fingerprint density at radius 2 is 2.00 bits per heavy atom. The van der Waals surface area contributed by atoms with Crippen LogP contribution in [0.4, 0.5) is 0 Å². The number of likely N-dealkylation sites (tertiary alicyclic amines) is 1. The van der Waals surface area contributed by atoms with Crippen molar-refractivity contribution in [3.05, 3.63) is 0 Å². The van der Waals surface area contributed by atoms with Crippen molar-refractivity contribution in [2.75, 3.05) is 26.2 Å². The van der Waals surface area contributed by atoms with Gasteiger partial charge < -0.3 is 10.1 Å². The minimum absolute atomic E-state index is 0.0602. The summed E-state index contributed by atoms with van der Waals surface area (Å²) in [6.07, 6.45) is 0.826. The van der Waals surface area contributed by atoms with Crippen molar-refractivity contribution in [3.8, 4) is 0 Å². The van der Waals surface area contributed by atoms with Crippen LogP contribution in [0, 0.1) is 5.41 Å². The number of hydrogen-bond donors (Lipinski definition) is 1. The molecule has 0 aromatic carbocycles. The predicted octanol–water partition coefficient (Wildman–Crippen LogP) is 0.355. The van der Waals surface area contributed by atoms with Crippen LogP contribution in [0.2, 0.25) is 0 Å². The van der Waals surface area contributed by atoms with Crippen LogP contribution in [-0.4, -0.2) is 54.8 Å². The topological polar surface area (TPSA) is 75.7 Å². The average molecular weight is 284 g/mol. The second-order valence-corrected chi connectivity index (χ2v) is 5.69. The molecule has 20 heavy (non-hydrogen) atoms. The first-order valence-electron chi connectivity index (χ1n) is 6.97. The second kappa shape index (κ2) is 6.83. The Morgan fingerprint density at radius 3 is 2.55 bits per heavy atom. The summed E-state index contributed by atoms with van der Waals surface area (Å²) in [5, 5.41) is 2.84. The van der Waals surface area contributed by atoms with Crippen molar-refractivity contribution in [1.82, 2.24) is 10.2 Å². The molecule has 1 rings (SSSR count). The quantitative estimate of drug-likeness (QED) is 0.563. The van der Waals surface area contributed by atoms with Crippen LogP contribution < -0.4 is 5.32 Å². The molecule has 1 unspecified atom stereocenters. The molecule has 1 atom stereocenters. The highest BCUT2D eigenvalue weighted by atomic mass is 16.5. The Labute approximate surface area is 119 Å². The molecule has 1 amide bonds. The fourth-order valence-electron chi connectivity index (χ4n) is 2.21. The van der Waals surface area contributed by atoms with E-state index < -0.39 is 11.4 Å². The van der Waals surface area contributed by atoms with Crippen molar-refractivity contribution in [3.63, 3.8) is 0 Å². The molecule has 0 aromatic heterocycles. The molecule has 0 spiro atoms. The molecule has 1 aliphatic rings. The molecular formula is C14H24N2O4. The fraction of sp³-hybridized carbons (Fsp3) is 0.786. The van der Waals surface area contributed by atoms with E-state index in [-0.39, 0.29) is 30.9 Å². The number of nitrogens with zero attached hydrogens (tertiary/aromatic N) is 1. The van der Waals surface area contributed by atoms with Crippen molar-refractivity contribution in [2.24, 2.45) is 5.41 Å². The van der Waals surface area contributed by atoms with Gasteiger partial charge in [-0.25, -0.2) is 0 Å².